The molecule has 0 aliphatic rings. The van der Waals surface area contributed by atoms with E-state index in [1.165, 1.54) is 11.4 Å². The fourth-order valence-electron chi connectivity index (χ4n) is 1.90. The molecule has 0 aromatic carbocycles. The van der Waals surface area contributed by atoms with E-state index in [-0.39, 0.29) is 6.04 Å². The summed E-state index contributed by atoms with van der Waals surface area (Å²) >= 11 is 0. The van der Waals surface area contributed by atoms with E-state index in [9.17, 15) is 0 Å². The first-order valence-electron chi connectivity index (χ1n) is 4.91. The van der Waals surface area contributed by atoms with Crippen molar-refractivity contribution in [2.75, 3.05) is 0 Å². The minimum absolute atomic E-state index is 0.147. The van der Waals surface area contributed by atoms with Gasteiger partial charge in [-0.2, -0.15) is 5.26 Å². The third kappa shape index (κ3) is 1.80. The Labute approximate surface area is 85.1 Å². The van der Waals surface area contributed by atoms with Gasteiger partial charge in [0.1, 0.15) is 0 Å². The number of hydrogen-bond donors (Lipinski definition) is 1. The highest BCUT2D eigenvalue weighted by molar-refractivity contribution is 5.30. The summed E-state index contributed by atoms with van der Waals surface area (Å²) in [6.45, 7) is 7.19. The SMILES string of the molecule is CCn1c(C)cc([C@H](N)CC#N)c1C. The molecule has 0 radical (unpaired) electrons. The average Bonchev–Trinajstić information content (AvgIpc) is 2.42. The lowest BCUT2D eigenvalue weighted by Gasteiger charge is -2.09. The van der Waals surface area contributed by atoms with Crippen molar-refractivity contribution in [1.29, 1.82) is 5.26 Å². The maximum Gasteiger partial charge on any atom is 0.0641 e. The van der Waals surface area contributed by atoms with E-state index in [1.54, 1.807) is 0 Å². The fourth-order valence-corrected chi connectivity index (χ4v) is 1.90. The maximum atomic E-state index is 8.59. The lowest BCUT2D eigenvalue weighted by atomic mass is 10.1. The van der Waals surface area contributed by atoms with Crippen molar-refractivity contribution in [3.05, 3.63) is 23.0 Å². The topological polar surface area (TPSA) is 54.7 Å². The van der Waals surface area contributed by atoms with Gasteiger partial charge in [-0.25, -0.2) is 0 Å². The second-order valence-corrected chi connectivity index (χ2v) is 3.54. The molecule has 0 saturated carbocycles. The van der Waals surface area contributed by atoms with E-state index in [0.717, 1.165) is 12.1 Å². The van der Waals surface area contributed by atoms with Gasteiger partial charge in [0.25, 0.3) is 0 Å². The highest BCUT2D eigenvalue weighted by Crippen LogP contribution is 2.22. The summed E-state index contributed by atoms with van der Waals surface area (Å²) in [4.78, 5) is 0. The molecule has 1 atom stereocenters. The lowest BCUT2D eigenvalue weighted by molar-refractivity contribution is 0.693. The molecule has 0 bridgehead atoms. The number of rotatable bonds is 3. The molecule has 0 fully saturated rings. The van der Waals surface area contributed by atoms with E-state index in [2.05, 4.69) is 37.5 Å². The summed E-state index contributed by atoms with van der Waals surface area (Å²) in [5.41, 5.74) is 9.41. The standard InChI is InChI=1S/C11H17N3/c1-4-14-8(2)7-10(9(14)3)11(13)5-6-12/h7,11H,4-5,13H2,1-3H3/t11-/m1/s1. The van der Waals surface area contributed by atoms with Crippen LogP contribution in [0.2, 0.25) is 0 Å². The van der Waals surface area contributed by atoms with E-state index in [1.807, 2.05) is 0 Å². The van der Waals surface area contributed by atoms with Crippen LogP contribution < -0.4 is 5.73 Å². The maximum absolute atomic E-state index is 8.59. The molecule has 1 aromatic heterocycles. The van der Waals surface area contributed by atoms with Crippen molar-refractivity contribution in [3.8, 4) is 6.07 Å². The minimum Gasteiger partial charge on any atom is -0.349 e. The molecule has 1 heterocycles. The first kappa shape index (κ1) is 10.8. The normalized spacial score (nSPS) is 12.5. The van der Waals surface area contributed by atoms with Crippen LogP contribution in [-0.2, 0) is 6.54 Å². The summed E-state index contributed by atoms with van der Waals surface area (Å²) < 4.78 is 2.21. The molecule has 14 heavy (non-hydrogen) atoms. The number of nitrogens with zero attached hydrogens (tertiary/aromatic N) is 2. The third-order valence-electron chi connectivity index (χ3n) is 2.64. The Morgan fingerprint density at radius 3 is 2.64 bits per heavy atom. The predicted octanol–water partition coefficient (Wildman–Crippen LogP) is 2.04. The van der Waals surface area contributed by atoms with Crippen molar-refractivity contribution in [3.63, 3.8) is 0 Å². The zero-order valence-corrected chi connectivity index (χ0v) is 9.04. The second-order valence-electron chi connectivity index (χ2n) is 3.54. The molecule has 0 aliphatic carbocycles. The molecule has 1 rings (SSSR count). The van der Waals surface area contributed by atoms with Crippen molar-refractivity contribution in [2.24, 2.45) is 5.73 Å². The van der Waals surface area contributed by atoms with Gasteiger partial charge in [-0.3, -0.25) is 0 Å². The van der Waals surface area contributed by atoms with Crippen LogP contribution in [0.3, 0.4) is 0 Å². The molecule has 0 spiro atoms. The van der Waals surface area contributed by atoms with Crippen LogP contribution in [0.4, 0.5) is 0 Å². The molecule has 0 saturated heterocycles. The first-order chi connectivity index (χ1) is 6.61. The third-order valence-corrected chi connectivity index (χ3v) is 2.64. The Bertz CT molecular complexity index is 357. The number of hydrogen-bond acceptors (Lipinski definition) is 2. The van der Waals surface area contributed by atoms with Gasteiger partial charge in [0.2, 0.25) is 0 Å². The van der Waals surface area contributed by atoms with E-state index in [0.29, 0.717) is 6.42 Å². The molecular weight excluding hydrogens is 174 g/mol. The average molecular weight is 191 g/mol. The number of nitrogens with two attached hydrogens (primary N) is 1. The lowest BCUT2D eigenvalue weighted by Crippen LogP contribution is -2.10. The van der Waals surface area contributed by atoms with Crippen LogP contribution in [0.1, 0.15) is 36.3 Å². The Morgan fingerprint density at radius 1 is 1.57 bits per heavy atom. The van der Waals surface area contributed by atoms with Crippen LogP contribution in [-0.4, -0.2) is 4.57 Å². The zero-order chi connectivity index (χ0) is 10.7. The summed E-state index contributed by atoms with van der Waals surface area (Å²) in [6, 6.07) is 4.04. The molecule has 3 nitrogen and oxygen atoms in total. The van der Waals surface area contributed by atoms with Gasteiger partial charge >= 0.3 is 0 Å². The monoisotopic (exact) mass is 191 g/mol. The summed E-state index contributed by atoms with van der Waals surface area (Å²) in [5, 5.41) is 8.59. The molecule has 3 heteroatoms. The van der Waals surface area contributed by atoms with E-state index < -0.39 is 0 Å². The van der Waals surface area contributed by atoms with Gasteiger partial charge < -0.3 is 10.3 Å². The van der Waals surface area contributed by atoms with Crippen molar-refractivity contribution in [2.45, 2.75) is 39.8 Å². The van der Waals surface area contributed by atoms with Gasteiger partial charge in [0.15, 0.2) is 0 Å². The molecule has 2 N–H and O–H groups in total. The number of nitriles is 1. The minimum atomic E-state index is -0.147. The molecule has 76 valence electrons. The summed E-state index contributed by atoms with van der Waals surface area (Å²) in [6.07, 6.45) is 0.383. The second kappa shape index (κ2) is 4.30. The first-order valence-corrected chi connectivity index (χ1v) is 4.91. The molecule has 0 amide bonds. The van der Waals surface area contributed by atoms with Gasteiger partial charge in [-0.15, -0.1) is 0 Å². The van der Waals surface area contributed by atoms with Crippen molar-refractivity contribution < 1.29 is 0 Å². The quantitative estimate of drug-likeness (QED) is 0.794. The van der Waals surface area contributed by atoms with Crippen LogP contribution in [0.15, 0.2) is 6.07 Å². The van der Waals surface area contributed by atoms with Crippen molar-refractivity contribution in [1.82, 2.24) is 4.57 Å². The summed E-state index contributed by atoms with van der Waals surface area (Å²) in [5.74, 6) is 0. The Morgan fingerprint density at radius 2 is 2.21 bits per heavy atom. The highest BCUT2D eigenvalue weighted by Gasteiger charge is 2.13. The smallest absolute Gasteiger partial charge is 0.0641 e. The largest absolute Gasteiger partial charge is 0.349 e. The van der Waals surface area contributed by atoms with Gasteiger partial charge in [0.05, 0.1) is 12.5 Å². The Kier molecular flexibility index (Phi) is 3.32. The molecule has 0 aliphatic heterocycles. The van der Waals surface area contributed by atoms with E-state index >= 15 is 0 Å². The molecule has 1 aromatic rings. The fraction of sp³-hybridized carbons (Fsp3) is 0.545. The van der Waals surface area contributed by atoms with Gasteiger partial charge in [-0.1, -0.05) is 0 Å². The summed E-state index contributed by atoms with van der Waals surface area (Å²) in [7, 11) is 0. The molecular formula is C11H17N3. The van der Waals surface area contributed by atoms with E-state index in [4.69, 9.17) is 11.0 Å². The van der Waals surface area contributed by atoms with Gasteiger partial charge in [0, 0.05) is 24.0 Å². The van der Waals surface area contributed by atoms with Crippen LogP contribution in [0.25, 0.3) is 0 Å². The Hall–Kier alpha value is -1.27. The predicted molar refractivity (Wildman–Crippen MR) is 56.7 cm³/mol. The van der Waals surface area contributed by atoms with Crippen molar-refractivity contribution >= 4 is 0 Å². The Balaban J connectivity index is 3.05. The number of aromatic nitrogens is 1. The zero-order valence-electron chi connectivity index (χ0n) is 9.04. The van der Waals surface area contributed by atoms with Gasteiger partial charge in [-0.05, 0) is 32.4 Å². The van der Waals surface area contributed by atoms with Crippen LogP contribution in [0, 0.1) is 25.2 Å². The van der Waals surface area contributed by atoms with Crippen LogP contribution in [0.5, 0.6) is 0 Å². The number of aryl methyl sites for hydroxylation is 1. The van der Waals surface area contributed by atoms with Crippen LogP contribution >= 0.6 is 0 Å². The highest BCUT2D eigenvalue weighted by atomic mass is 15.0. The molecule has 0 unspecified atom stereocenters.